The average Bonchev–Trinajstić information content (AvgIpc) is 2.53. The summed E-state index contributed by atoms with van der Waals surface area (Å²) in [6, 6.07) is 27.2. The van der Waals surface area contributed by atoms with Gasteiger partial charge in [0.25, 0.3) is 0 Å². The second-order valence-corrected chi connectivity index (χ2v) is 4.89. The van der Waals surface area contributed by atoms with Crippen LogP contribution in [0.2, 0.25) is 0 Å². The van der Waals surface area contributed by atoms with E-state index in [1.165, 1.54) is 21.9 Å². The third-order valence-corrected chi connectivity index (χ3v) is 3.65. The minimum Gasteiger partial charge on any atom is -0.248 e. The molecule has 0 amide bonds. The van der Waals surface area contributed by atoms with Crippen LogP contribution in [0.3, 0.4) is 0 Å². The number of rotatable bonds is 1. The molecule has 0 atom stereocenters. The van der Waals surface area contributed by atoms with Gasteiger partial charge in [0.15, 0.2) is 0 Å². The highest BCUT2D eigenvalue weighted by Crippen LogP contribution is 2.34. The lowest BCUT2D eigenvalue weighted by Gasteiger charge is -2.10. The molecule has 0 N–H and O–H groups in total. The van der Waals surface area contributed by atoms with Gasteiger partial charge in [-0.3, -0.25) is 0 Å². The highest BCUT2D eigenvalue weighted by Gasteiger charge is 2.09. The highest BCUT2D eigenvalue weighted by atomic mass is 35.5. The second kappa shape index (κ2) is 5.55. The van der Waals surface area contributed by atoms with Crippen molar-refractivity contribution < 1.29 is 0 Å². The SMILES string of the molecule is Cl.c1ccc(-c2c3ccccc3nc3ccccc23)cc1. The molecule has 1 aromatic heterocycles. The van der Waals surface area contributed by atoms with Crippen molar-refractivity contribution in [3.8, 4) is 11.1 Å². The molecule has 0 bridgehead atoms. The molecule has 0 unspecified atom stereocenters. The van der Waals surface area contributed by atoms with Gasteiger partial charge in [-0.1, -0.05) is 66.7 Å². The van der Waals surface area contributed by atoms with Gasteiger partial charge in [-0.05, 0) is 17.7 Å². The topological polar surface area (TPSA) is 12.9 Å². The van der Waals surface area contributed by atoms with E-state index in [9.17, 15) is 0 Å². The minimum absolute atomic E-state index is 0. The minimum atomic E-state index is 0. The van der Waals surface area contributed by atoms with Gasteiger partial charge in [0.05, 0.1) is 11.0 Å². The van der Waals surface area contributed by atoms with E-state index >= 15 is 0 Å². The molecule has 0 spiro atoms. The Morgan fingerprint density at radius 2 is 1.00 bits per heavy atom. The number of hydrogen-bond acceptors (Lipinski definition) is 1. The molecule has 0 aliphatic heterocycles. The van der Waals surface area contributed by atoms with E-state index in [-0.39, 0.29) is 12.4 Å². The lowest BCUT2D eigenvalue weighted by molar-refractivity contribution is 1.49. The van der Waals surface area contributed by atoms with Crippen molar-refractivity contribution in [3.05, 3.63) is 78.9 Å². The van der Waals surface area contributed by atoms with Gasteiger partial charge >= 0.3 is 0 Å². The summed E-state index contributed by atoms with van der Waals surface area (Å²) in [4.78, 5) is 4.76. The van der Waals surface area contributed by atoms with E-state index in [4.69, 9.17) is 4.98 Å². The van der Waals surface area contributed by atoms with Gasteiger partial charge in [-0.2, -0.15) is 0 Å². The summed E-state index contributed by atoms with van der Waals surface area (Å²) >= 11 is 0. The predicted molar refractivity (Wildman–Crippen MR) is 91.9 cm³/mol. The van der Waals surface area contributed by atoms with Gasteiger partial charge in [0, 0.05) is 16.3 Å². The third kappa shape index (κ3) is 2.26. The van der Waals surface area contributed by atoms with E-state index < -0.39 is 0 Å². The maximum Gasteiger partial charge on any atom is 0.0715 e. The van der Waals surface area contributed by atoms with Crippen molar-refractivity contribution in [2.45, 2.75) is 0 Å². The summed E-state index contributed by atoms with van der Waals surface area (Å²) in [7, 11) is 0. The van der Waals surface area contributed by atoms with Crippen LogP contribution in [0.25, 0.3) is 32.9 Å². The number of benzene rings is 3. The van der Waals surface area contributed by atoms with Crippen molar-refractivity contribution in [2.24, 2.45) is 0 Å². The predicted octanol–water partition coefficient (Wildman–Crippen LogP) is 5.48. The first-order valence-electron chi connectivity index (χ1n) is 6.76. The van der Waals surface area contributed by atoms with Gasteiger partial charge in [0.2, 0.25) is 0 Å². The Labute approximate surface area is 129 Å². The Morgan fingerprint density at radius 1 is 0.524 bits per heavy atom. The maximum absolute atomic E-state index is 4.76. The molecule has 0 radical (unpaired) electrons. The summed E-state index contributed by atoms with van der Waals surface area (Å²) in [5.74, 6) is 0. The van der Waals surface area contributed by atoms with Crippen molar-refractivity contribution in [1.82, 2.24) is 4.98 Å². The Balaban J connectivity index is 0.00000132. The fraction of sp³-hybridized carbons (Fsp3) is 0. The number of nitrogens with zero attached hydrogens (tertiary/aromatic N) is 1. The highest BCUT2D eigenvalue weighted by molar-refractivity contribution is 6.09. The van der Waals surface area contributed by atoms with Crippen molar-refractivity contribution in [1.29, 1.82) is 0 Å². The Hall–Kier alpha value is -2.38. The normalized spacial score (nSPS) is 10.5. The standard InChI is InChI=1S/C19H13N.ClH/c1-2-8-14(9-3-1)19-15-10-4-6-12-17(15)20-18-13-7-5-11-16(18)19;/h1-13H;1H. The summed E-state index contributed by atoms with van der Waals surface area (Å²) in [5.41, 5.74) is 4.60. The quantitative estimate of drug-likeness (QED) is 0.423. The molecule has 4 rings (SSSR count). The molecule has 1 heterocycles. The summed E-state index contributed by atoms with van der Waals surface area (Å²) in [5, 5.41) is 2.41. The molecule has 1 nitrogen and oxygen atoms in total. The lowest BCUT2D eigenvalue weighted by atomic mass is 9.96. The van der Waals surface area contributed by atoms with Gasteiger partial charge in [0.1, 0.15) is 0 Å². The summed E-state index contributed by atoms with van der Waals surface area (Å²) in [6.45, 7) is 0. The van der Waals surface area contributed by atoms with Crippen LogP contribution < -0.4 is 0 Å². The number of fused-ring (bicyclic) bond motifs is 2. The van der Waals surface area contributed by atoms with Crippen LogP contribution in [0.15, 0.2) is 78.9 Å². The molecule has 0 fully saturated rings. The Morgan fingerprint density at radius 3 is 1.57 bits per heavy atom. The molecule has 102 valence electrons. The summed E-state index contributed by atoms with van der Waals surface area (Å²) < 4.78 is 0. The van der Waals surface area contributed by atoms with Crippen LogP contribution >= 0.6 is 12.4 Å². The van der Waals surface area contributed by atoms with Crippen molar-refractivity contribution in [2.75, 3.05) is 0 Å². The Kier molecular flexibility index (Phi) is 3.59. The second-order valence-electron chi connectivity index (χ2n) is 4.89. The molecule has 2 heteroatoms. The molecule has 0 saturated carbocycles. The molecule has 21 heavy (non-hydrogen) atoms. The molecular weight excluding hydrogens is 278 g/mol. The van der Waals surface area contributed by atoms with E-state index in [0.29, 0.717) is 0 Å². The number of aromatic nitrogens is 1. The molecule has 4 aromatic rings. The first kappa shape index (κ1) is 13.6. The average molecular weight is 292 g/mol. The zero-order valence-electron chi connectivity index (χ0n) is 11.4. The molecule has 3 aromatic carbocycles. The molecule has 0 aliphatic carbocycles. The van der Waals surface area contributed by atoms with Crippen LogP contribution in [0.5, 0.6) is 0 Å². The van der Waals surface area contributed by atoms with Crippen molar-refractivity contribution >= 4 is 34.2 Å². The fourth-order valence-corrected chi connectivity index (χ4v) is 2.76. The van der Waals surface area contributed by atoms with Crippen LogP contribution in [-0.4, -0.2) is 4.98 Å². The molecular formula is C19H14ClN. The zero-order valence-corrected chi connectivity index (χ0v) is 12.2. The maximum atomic E-state index is 4.76. The van der Waals surface area contributed by atoms with E-state index in [2.05, 4.69) is 66.7 Å². The van der Waals surface area contributed by atoms with E-state index in [0.717, 1.165) is 11.0 Å². The molecule has 0 aliphatic rings. The third-order valence-electron chi connectivity index (χ3n) is 3.65. The van der Waals surface area contributed by atoms with E-state index in [1.54, 1.807) is 0 Å². The van der Waals surface area contributed by atoms with Crippen LogP contribution in [0.4, 0.5) is 0 Å². The van der Waals surface area contributed by atoms with Crippen LogP contribution in [-0.2, 0) is 0 Å². The number of pyridine rings is 1. The van der Waals surface area contributed by atoms with Gasteiger partial charge in [-0.25, -0.2) is 4.98 Å². The first-order valence-corrected chi connectivity index (χ1v) is 6.76. The molecule has 0 saturated heterocycles. The largest absolute Gasteiger partial charge is 0.248 e. The summed E-state index contributed by atoms with van der Waals surface area (Å²) in [6.07, 6.45) is 0. The smallest absolute Gasteiger partial charge is 0.0715 e. The zero-order chi connectivity index (χ0) is 13.4. The van der Waals surface area contributed by atoms with Gasteiger partial charge in [-0.15, -0.1) is 12.4 Å². The number of para-hydroxylation sites is 2. The first-order chi connectivity index (χ1) is 9.93. The number of halogens is 1. The lowest BCUT2D eigenvalue weighted by Crippen LogP contribution is -1.88. The van der Waals surface area contributed by atoms with E-state index in [1.807, 2.05) is 12.1 Å². The van der Waals surface area contributed by atoms with Crippen LogP contribution in [0.1, 0.15) is 0 Å². The van der Waals surface area contributed by atoms with Crippen molar-refractivity contribution in [3.63, 3.8) is 0 Å². The Bertz CT molecular complexity index is 847. The number of hydrogen-bond donors (Lipinski definition) is 0. The van der Waals surface area contributed by atoms with Crippen LogP contribution in [0, 0.1) is 0 Å². The fourth-order valence-electron chi connectivity index (χ4n) is 2.76. The van der Waals surface area contributed by atoms with Gasteiger partial charge < -0.3 is 0 Å². The monoisotopic (exact) mass is 291 g/mol.